The van der Waals surface area contributed by atoms with Crippen LogP contribution in [0, 0.1) is 29.1 Å². The molecule has 2 saturated carbocycles. The number of oxime groups is 1. The first-order valence-corrected chi connectivity index (χ1v) is 14.7. The molecule has 0 aromatic rings. The van der Waals surface area contributed by atoms with Crippen molar-refractivity contribution in [1.82, 2.24) is 10.2 Å². The third-order valence-corrected chi connectivity index (χ3v) is 9.68. The summed E-state index contributed by atoms with van der Waals surface area (Å²) in [6.07, 6.45) is 15.6. The Labute approximate surface area is 217 Å². The maximum atomic E-state index is 5.96. The zero-order valence-corrected chi connectivity index (χ0v) is 24.0. The van der Waals surface area contributed by atoms with Crippen molar-refractivity contribution in [3.05, 3.63) is 23.8 Å². The van der Waals surface area contributed by atoms with E-state index >= 15 is 0 Å². The molecule has 0 spiro atoms. The van der Waals surface area contributed by atoms with Crippen molar-refractivity contribution in [2.75, 3.05) is 20.1 Å². The van der Waals surface area contributed by atoms with Crippen LogP contribution in [-0.4, -0.2) is 43.0 Å². The predicted octanol–water partition coefficient (Wildman–Crippen LogP) is 7.57. The molecule has 1 N–H and O–H groups in total. The molecule has 0 aliphatic heterocycles. The van der Waals surface area contributed by atoms with Crippen LogP contribution < -0.4 is 5.32 Å². The number of rotatable bonds is 12. The van der Waals surface area contributed by atoms with Gasteiger partial charge in [0.25, 0.3) is 0 Å². The van der Waals surface area contributed by atoms with Gasteiger partial charge in [0, 0.05) is 25.0 Å². The minimum Gasteiger partial charge on any atom is -0.377 e. The van der Waals surface area contributed by atoms with Gasteiger partial charge < -0.3 is 10.2 Å². The second-order valence-corrected chi connectivity index (χ2v) is 12.5. The monoisotopic (exact) mass is 485 g/mol. The topological polar surface area (TPSA) is 36.9 Å². The average molecular weight is 486 g/mol. The van der Waals surface area contributed by atoms with Crippen molar-refractivity contribution < 1.29 is 4.84 Å². The molecule has 200 valence electrons. The number of unbranched alkanes of at least 4 members (excludes halogenated alkanes) is 1. The van der Waals surface area contributed by atoms with Gasteiger partial charge in [-0.25, -0.2) is 0 Å². The minimum atomic E-state index is -0.000841. The molecule has 3 aliphatic rings. The lowest BCUT2D eigenvalue weighted by Gasteiger charge is -2.52. The molecule has 35 heavy (non-hydrogen) atoms. The molecule has 0 amide bonds. The van der Waals surface area contributed by atoms with E-state index in [1.165, 1.54) is 75.5 Å². The van der Waals surface area contributed by atoms with E-state index in [9.17, 15) is 0 Å². The lowest BCUT2D eigenvalue weighted by molar-refractivity contribution is -0.0325. The summed E-state index contributed by atoms with van der Waals surface area (Å²) in [5.74, 6) is 3.13. The molecule has 4 unspecified atom stereocenters. The standard InChI is InChI=1S/C31H55N3O/c1-9-10-11-30-29(15-14-28-20-23(4)16-17-31(28,30)7)27-13-12-26(21-27)24(5)33-35-25(6)34(8)19-18-32-22(2)3/h20,22,25-27,29-30,32H,4,9-19,21H2,1-3,5-8H3/b33-24+/t25?,26-,27?,29?,30?,31-/m0/s1. The molecule has 4 heteroatoms. The van der Waals surface area contributed by atoms with Gasteiger partial charge in [0.1, 0.15) is 0 Å². The third-order valence-electron chi connectivity index (χ3n) is 9.68. The Balaban J connectivity index is 1.59. The molecule has 4 nitrogen and oxygen atoms in total. The van der Waals surface area contributed by atoms with Crippen molar-refractivity contribution in [1.29, 1.82) is 0 Å². The van der Waals surface area contributed by atoms with E-state index in [0.717, 1.165) is 30.8 Å². The molecule has 3 rings (SSSR count). The summed E-state index contributed by atoms with van der Waals surface area (Å²) in [7, 11) is 2.12. The Kier molecular flexibility index (Phi) is 10.5. The van der Waals surface area contributed by atoms with Crippen LogP contribution in [0.2, 0.25) is 0 Å². The molecular formula is C31H55N3O. The van der Waals surface area contributed by atoms with Crippen molar-refractivity contribution in [3.8, 4) is 0 Å². The van der Waals surface area contributed by atoms with Gasteiger partial charge in [-0.2, -0.15) is 0 Å². The average Bonchev–Trinajstić information content (AvgIpc) is 3.31. The molecule has 0 radical (unpaired) electrons. The number of nitrogens with one attached hydrogen (secondary N) is 1. The summed E-state index contributed by atoms with van der Waals surface area (Å²) in [5.41, 5.74) is 4.67. The van der Waals surface area contributed by atoms with Gasteiger partial charge in [0.2, 0.25) is 0 Å². The van der Waals surface area contributed by atoms with Crippen molar-refractivity contribution >= 4 is 5.71 Å². The number of likely N-dealkylation sites (N-methyl/N-ethyl adjacent to an activating group) is 1. The lowest BCUT2D eigenvalue weighted by atomic mass is 9.53. The van der Waals surface area contributed by atoms with Gasteiger partial charge >= 0.3 is 0 Å². The minimum absolute atomic E-state index is 0.000841. The number of hydrogen-bond donors (Lipinski definition) is 1. The van der Waals surface area contributed by atoms with Crippen molar-refractivity contribution in [2.45, 2.75) is 118 Å². The first-order valence-electron chi connectivity index (χ1n) is 14.7. The van der Waals surface area contributed by atoms with Crippen LogP contribution in [-0.2, 0) is 4.84 Å². The Morgan fingerprint density at radius 1 is 1.26 bits per heavy atom. The predicted molar refractivity (Wildman–Crippen MR) is 151 cm³/mol. The van der Waals surface area contributed by atoms with Crippen molar-refractivity contribution in [2.24, 2.45) is 34.2 Å². The molecule has 0 aromatic heterocycles. The van der Waals surface area contributed by atoms with Crippen LogP contribution in [0.1, 0.15) is 106 Å². The fourth-order valence-corrected chi connectivity index (χ4v) is 7.17. The van der Waals surface area contributed by atoms with E-state index in [1.54, 1.807) is 5.57 Å². The molecular weight excluding hydrogens is 430 g/mol. The van der Waals surface area contributed by atoms with Crippen LogP contribution in [0.15, 0.2) is 29.0 Å². The summed E-state index contributed by atoms with van der Waals surface area (Å²) in [4.78, 5) is 8.19. The molecule has 0 heterocycles. The summed E-state index contributed by atoms with van der Waals surface area (Å²) in [6.45, 7) is 19.9. The maximum Gasteiger partial charge on any atom is 0.178 e. The Morgan fingerprint density at radius 2 is 2.03 bits per heavy atom. The van der Waals surface area contributed by atoms with Crippen LogP contribution >= 0.6 is 0 Å². The normalized spacial score (nSPS) is 32.7. The summed E-state index contributed by atoms with van der Waals surface area (Å²) in [6, 6.07) is 0.517. The SMILES string of the molecule is C=C1C=C2CCC(C3CC[C@H](/C(C)=N/OC(C)N(C)CCNC(C)C)C3)C(CCCC)[C@@]2(C)CC1. The van der Waals surface area contributed by atoms with Crippen molar-refractivity contribution in [3.63, 3.8) is 0 Å². The highest BCUT2D eigenvalue weighted by Gasteiger charge is 2.48. The van der Waals surface area contributed by atoms with Gasteiger partial charge in [-0.05, 0) is 95.4 Å². The van der Waals surface area contributed by atoms with E-state index in [1.807, 2.05) is 0 Å². The fourth-order valence-electron chi connectivity index (χ4n) is 7.17. The molecule has 0 bridgehead atoms. The highest BCUT2D eigenvalue weighted by atomic mass is 16.6. The molecule has 6 atom stereocenters. The second-order valence-electron chi connectivity index (χ2n) is 12.5. The fraction of sp³-hybridized carbons (Fsp3) is 0.839. The zero-order valence-electron chi connectivity index (χ0n) is 24.0. The van der Waals surface area contributed by atoms with Crippen LogP contribution in [0.4, 0.5) is 0 Å². The Hall–Kier alpha value is -1.13. The number of fused-ring (bicyclic) bond motifs is 1. The molecule has 2 fully saturated rings. The van der Waals surface area contributed by atoms with Gasteiger partial charge in [0.15, 0.2) is 6.23 Å². The highest BCUT2D eigenvalue weighted by molar-refractivity contribution is 5.84. The Morgan fingerprint density at radius 3 is 2.74 bits per heavy atom. The van der Waals surface area contributed by atoms with E-state index in [2.05, 4.69) is 76.6 Å². The number of hydrogen-bond acceptors (Lipinski definition) is 4. The first kappa shape index (κ1) is 28.4. The number of allylic oxidation sites excluding steroid dienone is 3. The first-order chi connectivity index (χ1) is 16.7. The largest absolute Gasteiger partial charge is 0.377 e. The molecule has 3 aliphatic carbocycles. The van der Waals surface area contributed by atoms with E-state index in [4.69, 9.17) is 4.84 Å². The summed E-state index contributed by atoms with van der Waals surface area (Å²) >= 11 is 0. The summed E-state index contributed by atoms with van der Waals surface area (Å²) < 4.78 is 0. The van der Waals surface area contributed by atoms with Crippen LogP contribution in [0.3, 0.4) is 0 Å². The number of nitrogens with zero attached hydrogens (tertiary/aromatic N) is 2. The third kappa shape index (κ3) is 7.22. The maximum absolute atomic E-state index is 5.96. The van der Waals surface area contributed by atoms with Gasteiger partial charge in [-0.1, -0.05) is 69.5 Å². The highest BCUT2D eigenvalue weighted by Crippen LogP contribution is 2.58. The van der Waals surface area contributed by atoms with E-state index < -0.39 is 0 Å². The van der Waals surface area contributed by atoms with Gasteiger partial charge in [-0.3, -0.25) is 4.90 Å². The van der Waals surface area contributed by atoms with E-state index in [0.29, 0.717) is 17.4 Å². The van der Waals surface area contributed by atoms with E-state index in [-0.39, 0.29) is 6.23 Å². The zero-order chi connectivity index (χ0) is 25.6. The molecule has 0 aromatic carbocycles. The van der Waals surface area contributed by atoms with Crippen LogP contribution in [0.25, 0.3) is 0 Å². The molecule has 0 saturated heterocycles. The quantitative estimate of drug-likeness (QED) is 0.176. The van der Waals surface area contributed by atoms with Gasteiger partial charge in [-0.15, -0.1) is 0 Å². The van der Waals surface area contributed by atoms with Gasteiger partial charge in [0.05, 0.1) is 5.71 Å². The smallest absolute Gasteiger partial charge is 0.178 e. The Bertz CT molecular complexity index is 756. The summed E-state index contributed by atoms with van der Waals surface area (Å²) in [5, 5.41) is 8.12. The van der Waals surface area contributed by atoms with Crippen LogP contribution in [0.5, 0.6) is 0 Å². The lowest BCUT2D eigenvalue weighted by Crippen LogP contribution is -2.42. The second kappa shape index (κ2) is 12.9.